The monoisotopic (exact) mass is 267 g/mol. The molecule has 0 bridgehead atoms. The van der Waals surface area contributed by atoms with Crippen molar-refractivity contribution >= 4 is 28.6 Å². The number of ether oxygens (including phenoxy) is 1. The van der Waals surface area contributed by atoms with Crippen molar-refractivity contribution in [1.29, 1.82) is 0 Å². The molecule has 0 aliphatic heterocycles. The molecule has 0 radical (unpaired) electrons. The van der Waals surface area contributed by atoms with Gasteiger partial charge in [-0.15, -0.1) is 0 Å². The Balaban J connectivity index is 2.86. The molecule has 0 aromatic carbocycles. The first-order valence-corrected chi connectivity index (χ1v) is 5.78. The SMILES string of the molecule is CCOC(=O)CC#Cc1cc(C=O)sc1[N+](=O)[O-]. The second-order valence-electron chi connectivity index (χ2n) is 3.03. The van der Waals surface area contributed by atoms with Crippen molar-refractivity contribution in [2.75, 3.05) is 6.61 Å². The number of nitrogens with zero attached hydrogens (tertiary/aromatic N) is 1. The lowest BCUT2D eigenvalue weighted by atomic mass is 10.3. The summed E-state index contributed by atoms with van der Waals surface area (Å²) in [6.07, 6.45) is 0.380. The van der Waals surface area contributed by atoms with Gasteiger partial charge in [-0.05, 0) is 13.0 Å². The fourth-order valence-electron chi connectivity index (χ4n) is 1.11. The summed E-state index contributed by atoms with van der Waals surface area (Å²) in [5.41, 5.74) is 0.136. The zero-order valence-corrected chi connectivity index (χ0v) is 10.3. The largest absolute Gasteiger partial charge is 0.465 e. The predicted octanol–water partition coefficient (Wildman–Crippen LogP) is 1.77. The van der Waals surface area contributed by atoms with Crippen LogP contribution in [0, 0.1) is 22.0 Å². The lowest BCUT2D eigenvalue weighted by Crippen LogP contribution is -2.01. The highest BCUT2D eigenvalue weighted by molar-refractivity contribution is 7.17. The van der Waals surface area contributed by atoms with Gasteiger partial charge in [-0.1, -0.05) is 23.2 Å². The van der Waals surface area contributed by atoms with Crippen LogP contribution in [0.4, 0.5) is 5.00 Å². The minimum absolute atomic E-state index is 0.136. The molecule has 0 N–H and O–H groups in total. The molecule has 0 unspecified atom stereocenters. The Hall–Kier alpha value is -2.20. The van der Waals surface area contributed by atoms with E-state index in [2.05, 4.69) is 16.6 Å². The Bertz CT molecular complexity index is 537. The van der Waals surface area contributed by atoms with E-state index in [1.165, 1.54) is 6.07 Å². The molecule has 0 atom stereocenters. The van der Waals surface area contributed by atoms with E-state index in [1.54, 1.807) is 6.92 Å². The summed E-state index contributed by atoms with van der Waals surface area (Å²) >= 11 is 0.751. The van der Waals surface area contributed by atoms with Crippen molar-refractivity contribution in [2.45, 2.75) is 13.3 Å². The van der Waals surface area contributed by atoms with E-state index >= 15 is 0 Å². The Kier molecular flexibility index (Phi) is 5.02. The van der Waals surface area contributed by atoms with Gasteiger partial charge in [-0.3, -0.25) is 19.7 Å². The van der Waals surface area contributed by atoms with Crippen molar-refractivity contribution in [3.63, 3.8) is 0 Å². The molecule has 1 aromatic heterocycles. The zero-order chi connectivity index (χ0) is 13.5. The van der Waals surface area contributed by atoms with Gasteiger partial charge in [0, 0.05) is 0 Å². The zero-order valence-electron chi connectivity index (χ0n) is 9.47. The van der Waals surface area contributed by atoms with Crippen LogP contribution < -0.4 is 0 Å². The number of hydrogen-bond donors (Lipinski definition) is 0. The number of nitro groups is 1. The van der Waals surface area contributed by atoms with Crippen molar-refractivity contribution < 1.29 is 19.2 Å². The van der Waals surface area contributed by atoms with Crippen LogP contribution in [0.2, 0.25) is 0 Å². The van der Waals surface area contributed by atoms with Gasteiger partial charge >= 0.3 is 11.0 Å². The first kappa shape index (κ1) is 13.9. The summed E-state index contributed by atoms with van der Waals surface area (Å²) in [6.45, 7) is 1.93. The molecular weight excluding hydrogens is 258 g/mol. The molecule has 0 aliphatic rings. The van der Waals surface area contributed by atoms with E-state index in [0.717, 1.165) is 11.3 Å². The lowest BCUT2D eigenvalue weighted by molar-refractivity contribution is -0.380. The van der Waals surface area contributed by atoms with E-state index in [1.807, 2.05) is 0 Å². The standard InChI is InChI=1S/C11H9NO5S/c1-2-17-10(14)5-3-4-8-6-9(7-13)18-11(8)12(15)16/h6-7H,2,5H2,1H3. The molecule has 0 saturated heterocycles. The smallest absolute Gasteiger partial charge is 0.340 e. The van der Waals surface area contributed by atoms with Gasteiger partial charge in [0.05, 0.1) is 16.4 Å². The molecule has 0 saturated carbocycles. The molecule has 6 nitrogen and oxygen atoms in total. The van der Waals surface area contributed by atoms with E-state index in [0.29, 0.717) is 6.29 Å². The maximum absolute atomic E-state index is 11.0. The number of aldehydes is 1. The van der Waals surface area contributed by atoms with Crippen molar-refractivity contribution in [3.05, 3.63) is 26.6 Å². The van der Waals surface area contributed by atoms with Gasteiger partial charge < -0.3 is 4.74 Å². The van der Waals surface area contributed by atoms with Crippen molar-refractivity contribution in [3.8, 4) is 11.8 Å². The summed E-state index contributed by atoms with van der Waals surface area (Å²) in [4.78, 5) is 31.8. The summed E-state index contributed by atoms with van der Waals surface area (Å²) in [7, 11) is 0. The molecule has 0 spiro atoms. The quantitative estimate of drug-likeness (QED) is 0.273. The first-order chi connectivity index (χ1) is 8.58. The topological polar surface area (TPSA) is 86.5 Å². The summed E-state index contributed by atoms with van der Waals surface area (Å²) < 4.78 is 4.66. The second-order valence-corrected chi connectivity index (χ2v) is 4.09. The van der Waals surface area contributed by atoms with Crippen LogP contribution in [0.5, 0.6) is 0 Å². The van der Waals surface area contributed by atoms with E-state index < -0.39 is 10.9 Å². The molecule has 0 aliphatic carbocycles. The normalized spacial score (nSPS) is 9.17. The van der Waals surface area contributed by atoms with Crippen LogP contribution in [0.1, 0.15) is 28.6 Å². The number of rotatable bonds is 4. The van der Waals surface area contributed by atoms with Crippen LogP contribution in [-0.4, -0.2) is 23.8 Å². The number of hydrogen-bond acceptors (Lipinski definition) is 6. The third kappa shape index (κ3) is 3.68. The average molecular weight is 267 g/mol. The summed E-state index contributed by atoms with van der Waals surface area (Å²) in [5, 5.41) is 10.5. The molecule has 1 rings (SSSR count). The van der Waals surface area contributed by atoms with Crippen LogP contribution in [0.25, 0.3) is 0 Å². The molecule has 18 heavy (non-hydrogen) atoms. The second kappa shape index (κ2) is 6.51. The van der Waals surface area contributed by atoms with Gasteiger partial charge in [-0.2, -0.15) is 0 Å². The maximum atomic E-state index is 11.0. The summed E-state index contributed by atoms with van der Waals surface area (Å²) in [6, 6.07) is 1.33. The molecule has 0 amide bonds. The van der Waals surface area contributed by atoms with Crippen LogP contribution in [0.3, 0.4) is 0 Å². The van der Waals surface area contributed by atoms with Crippen molar-refractivity contribution in [1.82, 2.24) is 0 Å². The highest BCUT2D eigenvalue weighted by Gasteiger charge is 2.17. The minimum Gasteiger partial charge on any atom is -0.465 e. The number of carbonyl (C=O) groups excluding carboxylic acids is 2. The fourth-order valence-corrected chi connectivity index (χ4v) is 1.85. The number of esters is 1. The van der Waals surface area contributed by atoms with Gasteiger partial charge in [0.2, 0.25) is 0 Å². The molecule has 94 valence electrons. The Morgan fingerprint density at radius 3 is 2.94 bits per heavy atom. The predicted molar refractivity (Wildman–Crippen MR) is 64.5 cm³/mol. The van der Waals surface area contributed by atoms with E-state index in [4.69, 9.17) is 0 Å². The number of thiophene rings is 1. The number of carbonyl (C=O) groups is 2. The molecule has 1 heterocycles. The molecular formula is C11H9NO5S. The van der Waals surface area contributed by atoms with Crippen LogP contribution in [-0.2, 0) is 9.53 Å². The Morgan fingerprint density at radius 1 is 1.67 bits per heavy atom. The van der Waals surface area contributed by atoms with Gasteiger partial charge in [0.25, 0.3) is 0 Å². The van der Waals surface area contributed by atoms with Crippen molar-refractivity contribution in [2.24, 2.45) is 0 Å². The van der Waals surface area contributed by atoms with Crippen LogP contribution >= 0.6 is 11.3 Å². The highest BCUT2D eigenvalue weighted by atomic mass is 32.1. The Morgan fingerprint density at radius 2 is 2.39 bits per heavy atom. The Labute approximate surface area is 107 Å². The molecule has 0 fully saturated rings. The molecule has 1 aromatic rings. The van der Waals surface area contributed by atoms with Crippen LogP contribution in [0.15, 0.2) is 6.07 Å². The molecule has 7 heteroatoms. The van der Waals surface area contributed by atoms with Gasteiger partial charge in [-0.25, -0.2) is 0 Å². The fraction of sp³-hybridized carbons (Fsp3) is 0.273. The lowest BCUT2D eigenvalue weighted by Gasteiger charge is -1.94. The minimum atomic E-state index is -0.605. The highest BCUT2D eigenvalue weighted by Crippen LogP contribution is 2.28. The third-order valence-corrected chi connectivity index (χ3v) is 2.79. The average Bonchev–Trinajstić information content (AvgIpc) is 2.73. The van der Waals surface area contributed by atoms with Gasteiger partial charge in [0.1, 0.15) is 12.0 Å². The van der Waals surface area contributed by atoms with Gasteiger partial charge in [0.15, 0.2) is 6.29 Å². The summed E-state index contributed by atoms with van der Waals surface area (Å²) in [5.74, 6) is 4.49. The van der Waals surface area contributed by atoms with E-state index in [9.17, 15) is 19.7 Å². The maximum Gasteiger partial charge on any atom is 0.340 e. The van der Waals surface area contributed by atoms with E-state index in [-0.39, 0.29) is 28.5 Å². The third-order valence-electron chi connectivity index (χ3n) is 1.77. The first-order valence-electron chi connectivity index (χ1n) is 4.96.